The van der Waals surface area contributed by atoms with Gasteiger partial charge >= 0.3 is 0 Å². The second-order valence-electron chi connectivity index (χ2n) is 6.96. The summed E-state index contributed by atoms with van der Waals surface area (Å²) in [7, 11) is 1.81. The maximum absolute atomic E-state index is 12.6. The first-order valence-corrected chi connectivity index (χ1v) is 9.48. The average molecular weight is 366 g/mol. The third kappa shape index (κ3) is 4.88. The molecule has 142 valence electrons. The Bertz CT molecular complexity index is 791. The minimum Gasteiger partial charge on any atom is -0.455 e. The molecule has 1 N–H and O–H groups in total. The molecule has 2 aromatic carbocycles. The Morgan fingerprint density at radius 1 is 1.07 bits per heavy atom. The SMILES string of the molecule is CCCCN(C)C(=O)C1CC1C(=O)Nc1ccccc1Oc1ccccc1. The van der Waals surface area contributed by atoms with Crippen molar-refractivity contribution in [3.8, 4) is 11.5 Å². The number of hydrogen-bond acceptors (Lipinski definition) is 3. The van der Waals surface area contributed by atoms with Gasteiger partial charge in [-0.3, -0.25) is 9.59 Å². The van der Waals surface area contributed by atoms with Crippen LogP contribution in [0.25, 0.3) is 0 Å². The van der Waals surface area contributed by atoms with E-state index in [2.05, 4.69) is 12.2 Å². The summed E-state index contributed by atoms with van der Waals surface area (Å²) in [5.41, 5.74) is 0.615. The number of rotatable bonds is 8. The average Bonchev–Trinajstić information content (AvgIpc) is 3.49. The fourth-order valence-corrected chi connectivity index (χ4v) is 3.05. The molecule has 1 saturated carbocycles. The van der Waals surface area contributed by atoms with E-state index in [1.165, 1.54) is 0 Å². The summed E-state index contributed by atoms with van der Waals surface area (Å²) in [5.74, 6) is 0.774. The van der Waals surface area contributed by atoms with Crippen molar-refractivity contribution in [1.29, 1.82) is 0 Å². The second kappa shape index (κ2) is 8.71. The van der Waals surface area contributed by atoms with E-state index in [4.69, 9.17) is 4.74 Å². The molecule has 1 aliphatic rings. The van der Waals surface area contributed by atoms with Crippen LogP contribution in [0.3, 0.4) is 0 Å². The molecule has 0 saturated heterocycles. The van der Waals surface area contributed by atoms with E-state index < -0.39 is 0 Å². The lowest BCUT2D eigenvalue weighted by Gasteiger charge is -2.16. The van der Waals surface area contributed by atoms with Crippen LogP contribution in [0.4, 0.5) is 5.69 Å². The number of hydrogen-bond donors (Lipinski definition) is 1. The highest BCUT2D eigenvalue weighted by Gasteiger charge is 2.49. The van der Waals surface area contributed by atoms with Crippen LogP contribution >= 0.6 is 0 Å². The maximum atomic E-state index is 12.6. The molecule has 1 fully saturated rings. The molecule has 0 bridgehead atoms. The lowest BCUT2D eigenvalue weighted by molar-refractivity contribution is -0.132. The van der Waals surface area contributed by atoms with Gasteiger partial charge in [0.05, 0.1) is 17.5 Å². The highest BCUT2D eigenvalue weighted by molar-refractivity contribution is 6.00. The van der Waals surface area contributed by atoms with Crippen molar-refractivity contribution in [1.82, 2.24) is 4.90 Å². The quantitative estimate of drug-likeness (QED) is 0.757. The van der Waals surface area contributed by atoms with Crippen LogP contribution in [0.2, 0.25) is 0 Å². The van der Waals surface area contributed by atoms with Crippen molar-refractivity contribution < 1.29 is 14.3 Å². The molecule has 5 heteroatoms. The Kier molecular flexibility index (Phi) is 6.12. The largest absolute Gasteiger partial charge is 0.455 e. The van der Waals surface area contributed by atoms with Crippen molar-refractivity contribution in [3.63, 3.8) is 0 Å². The van der Waals surface area contributed by atoms with E-state index in [9.17, 15) is 9.59 Å². The minimum absolute atomic E-state index is 0.0671. The number of unbranched alkanes of at least 4 members (excludes halogenated alkanes) is 1. The van der Waals surface area contributed by atoms with Crippen molar-refractivity contribution in [2.75, 3.05) is 18.9 Å². The van der Waals surface area contributed by atoms with Crippen LogP contribution in [0, 0.1) is 11.8 Å². The predicted molar refractivity (Wildman–Crippen MR) is 106 cm³/mol. The van der Waals surface area contributed by atoms with E-state index in [1.54, 1.807) is 4.90 Å². The lowest BCUT2D eigenvalue weighted by Crippen LogP contribution is -2.30. The molecule has 0 radical (unpaired) electrons. The van der Waals surface area contributed by atoms with Crippen LogP contribution in [0.5, 0.6) is 11.5 Å². The van der Waals surface area contributed by atoms with Gasteiger partial charge in [0.25, 0.3) is 0 Å². The number of para-hydroxylation sites is 3. The summed E-state index contributed by atoms with van der Waals surface area (Å²) in [6.07, 6.45) is 2.64. The van der Waals surface area contributed by atoms with Crippen molar-refractivity contribution in [3.05, 3.63) is 54.6 Å². The van der Waals surface area contributed by atoms with Gasteiger partial charge in [-0.2, -0.15) is 0 Å². The van der Waals surface area contributed by atoms with Gasteiger partial charge in [0.2, 0.25) is 11.8 Å². The van der Waals surface area contributed by atoms with Crippen LogP contribution in [-0.2, 0) is 9.59 Å². The zero-order valence-electron chi connectivity index (χ0n) is 15.9. The maximum Gasteiger partial charge on any atom is 0.228 e. The zero-order valence-corrected chi connectivity index (χ0v) is 15.9. The smallest absolute Gasteiger partial charge is 0.228 e. The van der Waals surface area contributed by atoms with Crippen LogP contribution in [0.15, 0.2) is 54.6 Å². The molecule has 0 spiro atoms. The Labute approximate surface area is 160 Å². The standard InChI is InChI=1S/C22H26N2O3/c1-3-4-14-24(2)22(26)18-15-17(18)21(25)23-19-12-8-9-13-20(19)27-16-10-6-5-7-11-16/h5-13,17-18H,3-4,14-15H2,1-2H3,(H,23,25). The molecule has 27 heavy (non-hydrogen) atoms. The van der Waals surface area contributed by atoms with Gasteiger partial charge in [0, 0.05) is 13.6 Å². The molecule has 1 aliphatic carbocycles. The number of benzene rings is 2. The molecular weight excluding hydrogens is 340 g/mol. The molecule has 0 aliphatic heterocycles. The number of carbonyl (C=O) groups excluding carboxylic acids is 2. The number of anilines is 1. The molecule has 2 aromatic rings. The van der Waals surface area contributed by atoms with E-state index in [1.807, 2.05) is 61.6 Å². The molecule has 2 amide bonds. The van der Waals surface area contributed by atoms with Crippen LogP contribution in [0.1, 0.15) is 26.2 Å². The highest BCUT2D eigenvalue weighted by atomic mass is 16.5. The third-order valence-corrected chi connectivity index (χ3v) is 4.78. The molecular formula is C22H26N2O3. The van der Waals surface area contributed by atoms with Gasteiger partial charge in [0.1, 0.15) is 5.75 Å². The molecule has 0 heterocycles. The zero-order chi connectivity index (χ0) is 19.2. The lowest BCUT2D eigenvalue weighted by atomic mass is 10.2. The van der Waals surface area contributed by atoms with Gasteiger partial charge in [-0.1, -0.05) is 43.7 Å². The van der Waals surface area contributed by atoms with Gasteiger partial charge in [-0.25, -0.2) is 0 Å². The van der Waals surface area contributed by atoms with Crippen molar-refractivity contribution in [2.24, 2.45) is 11.8 Å². The van der Waals surface area contributed by atoms with E-state index in [0.717, 1.165) is 19.4 Å². The number of carbonyl (C=O) groups is 2. The van der Waals surface area contributed by atoms with Crippen LogP contribution < -0.4 is 10.1 Å². The summed E-state index contributed by atoms with van der Waals surface area (Å²) in [5, 5.41) is 2.92. The van der Waals surface area contributed by atoms with Crippen LogP contribution in [-0.4, -0.2) is 30.3 Å². The first kappa shape index (κ1) is 19.0. The van der Waals surface area contributed by atoms with Crippen molar-refractivity contribution in [2.45, 2.75) is 26.2 Å². The second-order valence-corrected chi connectivity index (χ2v) is 6.96. The first-order valence-electron chi connectivity index (χ1n) is 9.48. The predicted octanol–water partition coefficient (Wildman–Crippen LogP) is 4.31. The van der Waals surface area contributed by atoms with Gasteiger partial charge < -0.3 is 15.0 Å². The Morgan fingerprint density at radius 3 is 2.52 bits per heavy atom. The summed E-state index contributed by atoms with van der Waals surface area (Å²) in [6.45, 7) is 2.84. The van der Waals surface area contributed by atoms with Crippen molar-refractivity contribution >= 4 is 17.5 Å². The Morgan fingerprint density at radius 2 is 1.78 bits per heavy atom. The molecule has 5 nitrogen and oxygen atoms in total. The summed E-state index contributed by atoms with van der Waals surface area (Å²) >= 11 is 0. The molecule has 2 atom stereocenters. The Hall–Kier alpha value is -2.82. The first-order chi connectivity index (χ1) is 13.1. The molecule has 0 aromatic heterocycles. The molecule has 2 unspecified atom stereocenters. The van der Waals surface area contributed by atoms with Gasteiger partial charge in [0.15, 0.2) is 5.75 Å². The minimum atomic E-state index is -0.258. The summed E-state index contributed by atoms with van der Waals surface area (Å²) in [4.78, 5) is 26.7. The monoisotopic (exact) mass is 366 g/mol. The fourth-order valence-electron chi connectivity index (χ4n) is 3.05. The van der Waals surface area contributed by atoms with Gasteiger partial charge in [-0.15, -0.1) is 0 Å². The van der Waals surface area contributed by atoms with Gasteiger partial charge in [-0.05, 0) is 37.1 Å². The number of ether oxygens (including phenoxy) is 1. The van der Waals surface area contributed by atoms with E-state index >= 15 is 0 Å². The number of amides is 2. The fraction of sp³-hybridized carbons (Fsp3) is 0.364. The topological polar surface area (TPSA) is 58.6 Å². The van der Waals surface area contributed by atoms with E-state index in [-0.39, 0.29) is 23.7 Å². The highest BCUT2D eigenvalue weighted by Crippen LogP contribution is 2.41. The Balaban J connectivity index is 1.60. The molecule has 3 rings (SSSR count). The number of nitrogens with one attached hydrogen (secondary N) is 1. The number of nitrogens with zero attached hydrogens (tertiary/aromatic N) is 1. The van der Waals surface area contributed by atoms with E-state index in [0.29, 0.717) is 23.6 Å². The normalized spacial score (nSPS) is 17.9. The third-order valence-electron chi connectivity index (χ3n) is 4.78. The summed E-state index contributed by atoms with van der Waals surface area (Å²) in [6, 6.07) is 16.8. The summed E-state index contributed by atoms with van der Waals surface area (Å²) < 4.78 is 5.88.